The van der Waals surface area contributed by atoms with Gasteiger partial charge in [-0.15, -0.1) is 0 Å². The van der Waals surface area contributed by atoms with E-state index in [0.29, 0.717) is 0 Å². The summed E-state index contributed by atoms with van der Waals surface area (Å²) in [5.74, 6) is 0. The minimum atomic E-state index is -0.931. The molecule has 0 aliphatic heterocycles. The monoisotopic (exact) mass is 298 g/mol. The van der Waals surface area contributed by atoms with Crippen molar-refractivity contribution in [3.8, 4) is 0 Å². The van der Waals surface area contributed by atoms with Crippen LogP contribution in [0.15, 0.2) is 0 Å². The molecule has 0 radical (unpaired) electrons. The molecule has 0 rings (SSSR count). The zero-order chi connectivity index (χ0) is 12.8. The van der Waals surface area contributed by atoms with E-state index in [0.717, 1.165) is 13.2 Å². The molecule has 0 bridgehead atoms. The van der Waals surface area contributed by atoms with Crippen LogP contribution >= 0.6 is 19.4 Å². The molecule has 0 N–H and O–H groups in total. The van der Waals surface area contributed by atoms with Crippen molar-refractivity contribution >= 4 is 19.4 Å². The molecule has 0 saturated carbocycles. The Morgan fingerprint density at radius 3 is 0.929 bits per heavy atom. The number of halogens is 2. The van der Waals surface area contributed by atoms with Gasteiger partial charge in [0.25, 0.3) is 0 Å². The molecule has 0 aromatic carbocycles. The van der Waals surface area contributed by atoms with Crippen molar-refractivity contribution < 1.29 is 19.9 Å². The second-order valence-electron chi connectivity index (χ2n) is 0.882. The molecule has 14 heavy (non-hydrogen) atoms. The first-order chi connectivity index (χ1) is 6.83. The van der Waals surface area contributed by atoms with Crippen molar-refractivity contribution in [1.82, 2.24) is 0 Å². The number of hydrogen-bond acceptors (Lipinski definition) is 1. The SMILES string of the molecule is CC.CC.CC.CCOCC.[Cl][Zn][Cl]. The molecule has 0 heterocycles. The summed E-state index contributed by atoms with van der Waals surface area (Å²) in [6.45, 7) is 17.7. The Kier molecular flexibility index (Phi) is 194. The molecule has 0 fully saturated rings. The Bertz CT molecular complexity index is 32.1. The molecule has 90 valence electrons. The molecular formula is C10H28Cl2OZn. The summed E-state index contributed by atoms with van der Waals surface area (Å²) in [5.41, 5.74) is 0. The van der Waals surface area contributed by atoms with Crippen LogP contribution in [0.3, 0.4) is 0 Å². The van der Waals surface area contributed by atoms with Crippen LogP contribution in [0.4, 0.5) is 0 Å². The maximum absolute atomic E-state index is 4.95. The second kappa shape index (κ2) is 92.1. The molecule has 0 atom stereocenters. The van der Waals surface area contributed by atoms with Gasteiger partial charge >= 0.3 is 34.5 Å². The van der Waals surface area contributed by atoms with E-state index in [2.05, 4.69) is 0 Å². The average molecular weight is 301 g/mol. The normalized spacial score (nSPS) is 5.00. The van der Waals surface area contributed by atoms with Crippen molar-refractivity contribution in [1.29, 1.82) is 0 Å². The molecule has 0 aromatic rings. The second-order valence-corrected chi connectivity index (χ2v) is 5.51. The molecule has 4 heteroatoms. The third-order valence-electron chi connectivity index (χ3n) is 0.408. The van der Waals surface area contributed by atoms with Gasteiger partial charge in [-0.1, -0.05) is 41.5 Å². The predicted molar refractivity (Wildman–Crippen MR) is 67.9 cm³/mol. The average Bonchev–Trinajstić information content (AvgIpc) is 2.29. The van der Waals surface area contributed by atoms with Crippen LogP contribution in [0.2, 0.25) is 0 Å². The zero-order valence-corrected chi connectivity index (χ0v) is 15.8. The van der Waals surface area contributed by atoms with E-state index in [1.165, 1.54) is 0 Å². The summed E-state index contributed by atoms with van der Waals surface area (Å²) in [6, 6.07) is 0. The van der Waals surface area contributed by atoms with Gasteiger partial charge in [-0.05, 0) is 13.8 Å². The van der Waals surface area contributed by atoms with Crippen LogP contribution in [0, 0.1) is 0 Å². The third kappa shape index (κ3) is 195. The van der Waals surface area contributed by atoms with Crippen LogP contribution in [-0.2, 0) is 19.9 Å². The quantitative estimate of drug-likeness (QED) is 0.612. The van der Waals surface area contributed by atoms with Crippen molar-refractivity contribution in [2.75, 3.05) is 13.2 Å². The molecule has 0 spiro atoms. The Morgan fingerprint density at radius 1 is 0.786 bits per heavy atom. The molecule has 0 aliphatic rings. The fraction of sp³-hybridized carbons (Fsp3) is 1.00. The van der Waals surface area contributed by atoms with Crippen molar-refractivity contribution in [2.45, 2.75) is 55.4 Å². The molecule has 0 amide bonds. The van der Waals surface area contributed by atoms with Crippen molar-refractivity contribution in [3.63, 3.8) is 0 Å². The van der Waals surface area contributed by atoms with Crippen LogP contribution in [0.1, 0.15) is 55.4 Å². The molecule has 0 aromatic heterocycles. The first kappa shape index (κ1) is 29.4. The summed E-state index contributed by atoms with van der Waals surface area (Å²) < 4.78 is 4.83. The van der Waals surface area contributed by atoms with E-state index in [1.807, 2.05) is 55.4 Å². The standard InChI is InChI=1S/C4H10O.3C2H6.2ClH.Zn/c1-3-5-4-2;3*1-2;;;/h3-4H2,1-2H3;3*1-2H3;2*1H;/q;;;;;;+2/p-2. The van der Waals surface area contributed by atoms with Gasteiger partial charge < -0.3 is 4.74 Å². The van der Waals surface area contributed by atoms with Gasteiger partial charge in [0, 0.05) is 13.2 Å². The fourth-order valence-electron chi connectivity index (χ4n) is 0.204. The predicted octanol–water partition coefficient (Wildman–Crippen LogP) is 5.50. The van der Waals surface area contributed by atoms with Gasteiger partial charge in [-0.25, -0.2) is 0 Å². The van der Waals surface area contributed by atoms with Crippen molar-refractivity contribution in [2.24, 2.45) is 0 Å². The fourth-order valence-corrected chi connectivity index (χ4v) is 0.204. The first-order valence-electron chi connectivity index (χ1n) is 5.53. The molecule has 0 unspecified atom stereocenters. The topological polar surface area (TPSA) is 9.23 Å². The molecule has 0 saturated heterocycles. The van der Waals surface area contributed by atoms with Gasteiger partial charge in [0.05, 0.1) is 0 Å². The van der Waals surface area contributed by atoms with Crippen LogP contribution in [0.5, 0.6) is 0 Å². The Hall–Kier alpha value is 1.16. The summed E-state index contributed by atoms with van der Waals surface area (Å²) >= 11 is -0.931. The maximum atomic E-state index is 4.95. The van der Waals surface area contributed by atoms with E-state index < -0.39 is 15.1 Å². The van der Waals surface area contributed by atoms with Crippen LogP contribution < -0.4 is 0 Å². The summed E-state index contributed by atoms with van der Waals surface area (Å²) in [6.07, 6.45) is 0. The van der Waals surface area contributed by atoms with E-state index in [-0.39, 0.29) is 0 Å². The van der Waals surface area contributed by atoms with Crippen molar-refractivity contribution in [3.05, 3.63) is 0 Å². The summed E-state index contributed by atoms with van der Waals surface area (Å²) in [7, 11) is 9.90. The van der Waals surface area contributed by atoms with Crippen LogP contribution in [0.25, 0.3) is 0 Å². The molecule has 1 nitrogen and oxygen atoms in total. The molecular weight excluding hydrogens is 272 g/mol. The Morgan fingerprint density at radius 2 is 0.929 bits per heavy atom. The van der Waals surface area contributed by atoms with E-state index in [9.17, 15) is 0 Å². The van der Waals surface area contributed by atoms with Crippen LogP contribution in [-0.4, -0.2) is 13.2 Å². The summed E-state index contributed by atoms with van der Waals surface area (Å²) in [5, 5.41) is 0. The van der Waals surface area contributed by atoms with Gasteiger partial charge in [0.2, 0.25) is 0 Å². The minimum absolute atomic E-state index is 0.844. The van der Waals surface area contributed by atoms with Gasteiger partial charge in [-0.2, -0.15) is 0 Å². The first-order valence-corrected chi connectivity index (χ1v) is 13.3. The summed E-state index contributed by atoms with van der Waals surface area (Å²) in [4.78, 5) is 0. The van der Waals surface area contributed by atoms with Gasteiger partial charge in [-0.3, -0.25) is 0 Å². The zero-order valence-electron chi connectivity index (χ0n) is 11.3. The van der Waals surface area contributed by atoms with E-state index in [4.69, 9.17) is 24.1 Å². The Balaban J connectivity index is -0.0000000263. The number of ether oxygens (including phenoxy) is 1. The van der Waals surface area contributed by atoms with Gasteiger partial charge in [0.1, 0.15) is 0 Å². The Labute approximate surface area is 108 Å². The third-order valence-corrected chi connectivity index (χ3v) is 0.408. The molecule has 0 aliphatic carbocycles. The number of rotatable bonds is 2. The van der Waals surface area contributed by atoms with Gasteiger partial charge in [0.15, 0.2) is 0 Å². The number of hydrogen-bond donors (Lipinski definition) is 0. The van der Waals surface area contributed by atoms with E-state index >= 15 is 0 Å². The van der Waals surface area contributed by atoms with E-state index in [1.54, 1.807) is 0 Å².